The topological polar surface area (TPSA) is 38.6 Å². The highest BCUT2D eigenvalue weighted by Crippen LogP contribution is 2.24. The van der Waals surface area contributed by atoms with E-state index in [1.165, 1.54) is 19.3 Å². The van der Waals surface area contributed by atoms with Crippen LogP contribution in [0.5, 0.6) is 5.75 Å². The number of aromatic nitrogens is 2. The lowest BCUT2D eigenvalue weighted by Crippen LogP contribution is -2.28. The van der Waals surface area contributed by atoms with Gasteiger partial charge in [-0.05, 0) is 25.5 Å². The van der Waals surface area contributed by atoms with E-state index in [0.717, 1.165) is 23.6 Å². The van der Waals surface area contributed by atoms with Crippen LogP contribution in [-0.4, -0.2) is 23.0 Å². The number of piperidine rings is 1. The van der Waals surface area contributed by atoms with Crippen molar-refractivity contribution in [2.24, 2.45) is 0 Å². The number of methoxy groups -OCH3 is 1. The van der Waals surface area contributed by atoms with Crippen LogP contribution in [0.25, 0.3) is 5.52 Å². The van der Waals surface area contributed by atoms with E-state index in [0.29, 0.717) is 6.04 Å². The largest absolute Gasteiger partial charge is 0.497 e. The van der Waals surface area contributed by atoms with Crippen molar-refractivity contribution in [2.75, 3.05) is 13.7 Å². The minimum absolute atomic E-state index is 0.389. The number of hydrogen-bond donors (Lipinski definition) is 1. The van der Waals surface area contributed by atoms with E-state index >= 15 is 0 Å². The van der Waals surface area contributed by atoms with Crippen molar-refractivity contribution in [2.45, 2.75) is 25.3 Å². The SMILES string of the molecule is COc1ccn2c(C3CCCCN3)ncc2c1. The number of rotatable bonds is 2. The van der Waals surface area contributed by atoms with Gasteiger partial charge >= 0.3 is 0 Å². The first kappa shape index (κ1) is 10.6. The van der Waals surface area contributed by atoms with Crippen LogP contribution in [0.3, 0.4) is 0 Å². The monoisotopic (exact) mass is 231 g/mol. The molecule has 0 spiro atoms. The van der Waals surface area contributed by atoms with Gasteiger partial charge in [-0.3, -0.25) is 0 Å². The summed E-state index contributed by atoms with van der Waals surface area (Å²) in [5, 5.41) is 3.53. The predicted octanol–water partition coefficient (Wildman–Crippen LogP) is 2.16. The Kier molecular flexibility index (Phi) is 2.73. The van der Waals surface area contributed by atoms with E-state index in [1.807, 2.05) is 24.5 Å². The lowest BCUT2D eigenvalue weighted by atomic mass is 10.0. The summed E-state index contributed by atoms with van der Waals surface area (Å²) in [5.41, 5.74) is 1.09. The van der Waals surface area contributed by atoms with Crippen molar-refractivity contribution >= 4 is 5.52 Å². The average molecular weight is 231 g/mol. The maximum Gasteiger partial charge on any atom is 0.130 e. The molecule has 3 heterocycles. The number of nitrogens with zero attached hydrogens (tertiary/aromatic N) is 2. The maximum atomic E-state index is 5.22. The van der Waals surface area contributed by atoms with E-state index in [1.54, 1.807) is 7.11 Å². The third-order valence-corrected chi connectivity index (χ3v) is 3.39. The van der Waals surface area contributed by atoms with Crippen LogP contribution in [-0.2, 0) is 0 Å². The normalized spacial score (nSPS) is 20.6. The van der Waals surface area contributed by atoms with Gasteiger partial charge < -0.3 is 14.5 Å². The molecule has 0 aromatic carbocycles. The van der Waals surface area contributed by atoms with Gasteiger partial charge in [0.15, 0.2) is 0 Å². The molecule has 1 fully saturated rings. The number of hydrogen-bond acceptors (Lipinski definition) is 3. The Balaban J connectivity index is 1.99. The molecule has 0 saturated carbocycles. The van der Waals surface area contributed by atoms with Crippen LogP contribution < -0.4 is 10.1 Å². The Bertz CT molecular complexity index is 514. The van der Waals surface area contributed by atoms with Crippen LogP contribution in [0, 0.1) is 0 Å². The summed E-state index contributed by atoms with van der Waals surface area (Å²) < 4.78 is 7.36. The molecule has 2 aromatic heterocycles. The Morgan fingerprint density at radius 2 is 2.41 bits per heavy atom. The molecule has 0 radical (unpaired) electrons. The highest BCUT2D eigenvalue weighted by Gasteiger charge is 2.19. The van der Waals surface area contributed by atoms with Crippen LogP contribution in [0.15, 0.2) is 24.5 Å². The second kappa shape index (κ2) is 4.37. The van der Waals surface area contributed by atoms with Gasteiger partial charge in [0.25, 0.3) is 0 Å². The maximum absolute atomic E-state index is 5.22. The fraction of sp³-hybridized carbons (Fsp3) is 0.462. The molecule has 1 aliphatic rings. The van der Waals surface area contributed by atoms with Crippen LogP contribution in [0.2, 0.25) is 0 Å². The first-order chi connectivity index (χ1) is 8.38. The molecule has 3 rings (SSSR count). The van der Waals surface area contributed by atoms with Gasteiger partial charge in [0.05, 0.1) is 24.9 Å². The lowest BCUT2D eigenvalue weighted by molar-refractivity contribution is 0.395. The second-order valence-electron chi connectivity index (χ2n) is 4.48. The van der Waals surface area contributed by atoms with Gasteiger partial charge in [-0.15, -0.1) is 0 Å². The number of fused-ring (bicyclic) bond motifs is 1. The Labute approximate surface area is 101 Å². The molecule has 4 heteroatoms. The van der Waals surface area contributed by atoms with Crippen molar-refractivity contribution in [1.82, 2.24) is 14.7 Å². The van der Waals surface area contributed by atoms with Crippen molar-refractivity contribution in [3.8, 4) is 5.75 Å². The van der Waals surface area contributed by atoms with Gasteiger partial charge in [-0.2, -0.15) is 0 Å². The molecule has 1 atom stereocenters. The molecule has 17 heavy (non-hydrogen) atoms. The highest BCUT2D eigenvalue weighted by molar-refractivity contribution is 5.50. The average Bonchev–Trinajstić information content (AvgIpc) is 2.82. The smallest absolute Gasteiger partial charge is 0.130 e. The highest BCUT2D eigenvalue weighted by atomic mass is 16.5. The van der Waals surface area contributed by atoms with Gasteiger partial charge in [-0.25, -0.2) is 4.98 Å². The molecule has 1 aliphatic heterocycles. The summed E-state index contributed by atoms with van der Waals surface area (Å²) in [7, 11) is 1.69. The summed E-state index contributed by atoms with van der Waals surface area (Å²) in [6.45, 7) is 1.09. The summed E-state index contributed by atoms with van der Waals surface area (Å²) in [4.78, 5) is 4.54. The molecular formula is C13H17N3O. The van der Waals surface area contributed by atoms with E-state index in [2.05, 4.69) is 14.7 Å². The van der Waals surface area contributed by atoms with Crippen molar-refractivity contribution < 1.29 is 4.74 Å². The first-order valence-electron chi connectivity index (χ1n) is 6.13. The zero-order valence-electron chi connectivity index (χ0n) is 10.0. The Morgan fingerprint density at radius 1 is 1.47 bits per heavy atom. The zero-order chi connectivity index (χ0) is 11.7. The third kappa shape index (κ3) is 1.89. The summed E-state index contributed by atoms with van der Waals surface area (Å²) in [5.74, 6) is 1.99. The third-order valence-electron chi connectivity index (χ3n) is 3.39. The van der Waals surface area contributed by atoms with Crippen LogP contribution in [0.1, 0.15) is 31.1 Å². The number of ether oxygens (including phenoxy) is 1. The molecular weight excluding hydrogens is 214 g/mol. The minimum Gasteiger partial charge on any atom is -0.497 e. The number of imidazole rings is 1. The molecule has 0 bridgehead atoms. The van der Waals surface area contributed by atoms with E-state index in [4.69, 9.17) is 4.74 Å². The van der Waals surface area contributed by atoms with Crippen LogP contribution in [0.4, 0.5) is 0 Å². The van der Waals surface area contributed by atoms with Gasteiger partial charge in [-0.1, -0.05) is 6.42 Å². The van der Waals surface area contributed by atoms with Gasteiger partial charge in [0.2, 0.25) is 0 Å². The fourth-order valence-corrected chi connectivity index (χ4v) is 2.46. The van der Waals surface area contributed by atoms with E-state index < -0.39 is 0 Å². The number of pyridine rings is 1. The van der Waals surface area contributed by atoms with E-state index in [-0.39, 0.29) is 0 Å². The molecule has 0 amide bonds. The fourth-order valence-electron chi connectivity index (χ4n) is 2.46. The lowest BCUT2D eigenvalue weighted by Gasteiger charge is -2.22. The molecule has 1 N–H and O–H groups in total. The summed E-state index contributed by atoms with van der Waals surface area (Å²) >= 11 is 0. The van der Waals surface area contributed by atoms with Gasteiger partial charge in [0, 0.05) is 12.3 Å². The molecule has 1 unspecified atom stereocenters. The quantitative estimate of drug-likeness (QED) is 0.860. The van der Waals surface area contributed by atoms with Crippen molar-refractivity contribution in [3.05, 3.63) is 30.4 Å². The first-order valence-corrected chi connectivity index (χ1v) is 6.13. The second-order valence-corrected chi connectivity index (χ2v) is 4.48. The Hall–Kier alpha value is -1.55. The standard InChI is InChI=1S/C13H17N3O/c1-17-11-5-7-16-10(8-11)9-15-13(16)12-4-2-3-6-14-12/h5,7-9,12,14H,2-4,6H2,1H3. The molecule has 0 aliphatic carbocycles. The summed E-state index contributed by atoms with van der Waals surface area (Å²) in [6.07, 6.45) is 7.67. The predicted molar refractivity (Wildman–Crippen MR) is 66.3 cm³/mol. The zero-order valence-corrected chi connectivity index (χ0v) is 10.0. The van der Waals surface area contributed by atoms with E-state index in [9.17, 15) is 0 Å². The molecule has 4 nitrogen and oxygen atoms in total. The molecule has 90 valence electrons. The molecule has 2 aromatic rings. The number of nitrogens with one attached hydrogen (secondary N) is 1. The van der Waals surface area contributed by atoms with Crippen LogP contribution >= 0.6 is 0 Å². The summed E-state index contributed by atoms with van der Waals surface area (Å²) in [6, 6.07) is 4.38. The molecule has 1 saturated heterocycles. The minimum atomic E-state index is 0.389. The Morgan fingerprint density at radius 3 is 3.18 bits per heavy atom. The van der Waals surface area contributed by atoms with Crippen molar-refractivity contribution in [1.29, 1.82) is 0 Å². The van der Waals surface area contributed by atoms with Crippen molar-refractivity contribution in [3.63, 3.8) is 0 Å². The van der Waals surface area contributed by atoms with Gasteiger partial charge in [0.1, 0.15) is 11.6 Å².